The van der Waals surface area contributed by atoms with Crippen molar-refractivity contribution in [3.63, 3.8) is 0 Å². The number of carbonyl (C=O) groups excluding carboxylic acids is 1. The minimum absolute atomic E-state index is 0.00683. The number of amides is 1. The summed E-state index contributed by atoms with van der Waals surface area (Å²) < 4.78 is 87.7. The van der Waals surface area contributed by atoms with Crippen LogP contribution in [-0.4, -0.2) is 79.7 Å². The van der Waals surface area contributed by atoms with Gasteiger partial charge in [-0.05, 0) is 44.9 Å². The smallest absolute Gasteiger partial charge is 0.427 e. The monoisotopic (exact) mass is 561 g/mol. The molecule has 1 fully saturated rings. The van der Waals surface area contributed by atoms with E-state index in [1.807, 2.05) is 4.90 Å². The zero-order valence-electron chi connectivity index (χ0n) is 20.9. The second-order valence-electron chi connectivity index (χ2n) is 9.55. The molecule has 0 saturated carbocycles. The number of rotatable bonds is 5. The molecule has 3 heterocycles. The van der Waals surface area contributed by atoms with Crippen molar-refractivity contribution in [2.24, 2.45) is 0 Å². The predicted octanol–water partition coefficient (Wildman–Crippen LogP) is 3.90. The number of hydrogen-bond acceptors (Lipinski definition) is 9. The first-order chi connectivity index (χ1) is 17.7. The highest BCUT2D eigenvalue weighted by Gasteiger charge is 2.51. The van der Waals surface area contributed by atoms with E-state index in [1.54, 1.807) is 0 Å². The Morgan fingerprint density at radius 1 is 1.16 bits per heavy atom. The molecule has 208 valence electrons. The van der Waals surface area contributed by atoms with Gasteiger partial charge >= 0.3 is 12.3 Å². The van der Waals surface area contributed by atoms with Crippen molar-refractivity contribution in [2.75, 3.05) is 42.7 Å². The number of halogens is 4. The Labute approximate surface area is 216 Å². The molecular formula is C23H27F4N5O5S. The van der Waals surface area contributed by atoms with E-state index in [0.717, 1.165) is 26.2 Å². The molecule has 10 nitrogen and oxygen atoms in total. The number of alkyl halides is 3. The number of fused-ring (bicyclic) bond motifs is 1. The lowest BCUT2D eigenvalue weighted by Crippen LogP contribution is -2.52. The van der Waals surface area contributed by atoms with Crippen LogP contribution >= 0.6 is 0 Å². The highest BCUT2D eigenvalue weighted by molar-refractivity contribution is 7.90. The van der Waals surface area contributed by atoms with Gasteiger partial charge in [0.25, 0.3) is 0 Å². The maximum absolute atomic E-state index is 14.6. The van der Waals surface area contributed by atoms with E-state index >= 15 is 0 Å². The average molecular weight is 562 g/mol. The molecule has 4 rings (SSSR count). The largest absolute Gasteiger partial charge is 0.485 e. The number of carbonyl (C=O) groups is 1. The average Bonchev–Trinajstić information content (AvgIpc) is 2.83. The first-order valence-electron chi connectivity index (χ1n) is 11.7. The maximum Gasteiger partial charge on any atom is 0.427 e. The lowest BCUT2D eigenvalue weighted by atomic mass is 10.0. The van der Waals surface area contributed by atoms with Crippen LogP contribution in [0, 0.1) is 5.82 Å². The molecule has 1 aromatic heterocycles. The highest BCUT2D eigenvalue weighted by Crippen LogP contribution is 2.39. The first kappa shape index (κ1) is 27.7. The number of anilines is 3. The molecule has 2 aromatic rings. The van der Waals surface area contributed by atoms with Crippen molar-refractivity contribution >= 4 is 33.3 Å². The van der Waals surface area contributed by atoms with Gasteiger partial charge in [0.2, 0.25) is 11.4 Å². The molecule has 1 N–H and O–H groups in total. The van der Waals surface area contributed by atoms with Gasteiger partial charge in [-0.1, -0.05) is 0 Å². The summed E-state index contributed by atoms with van der Waals surface area (Å²) in [4.78, 5) is 23.9. The van der Waals surface area contributed by atoms with Gasteiger partial charge < -0.3 is 24.6 Å². The Kier molecular flexibility index (Phi) is 7.34. The van der Waals surface area contributed by atoms with Gasteiger partial charge in [-0.25, -0.2) is 27.6 Å². The van der Waals surface area contributed by atoms with Crippen LogP contribution in [-0.2, 0) is 14.6 Å². The van der Waals surface area contributed by atoms with Crippen LogP contribution in [0.2, 0.25) is 0 Å². The van der Waals surface area contributed by atoms with Crippen molar-refractivity contribution in [1.29, 1.82) is 0 Å². The Bertz CT molecular complexity index is 1310. The van der Waals surface area contributed by atoms with Gasteiger partial charge in [0.1, 0.15) is 18.8 Å². The topological polar surface area (TPSA) is 114 Å². The summed E-state index contributed by atoms with van der Waals surface area (Å²) in [7, 11) is -3.58. The van der Waals surface area contributed by atoms with Gasteiger partial charge in [0, 0.05) is 25.4 Å². The van der Waals surface area contributed by atoms with Crippen LogP contribution in [0.1, 0.15) is 26.7 Å². The molecule has 2 aliphatic heterocycles. The number of nitrogens with one attached hydrogen (secondary N) is 1. The summed E-state index contributed by atoms with van der Waals surface area (Å²) in [6.07, 6.45) is -2.55. The molecule has 2 aliphatic rings. The van der Waals surface area contributed by atoms with Gasteiger partial charge in [-0.2, -0.15) is 13.2 Å². The molecular weight excluding hydrogens is 534 g/mol. The minimum Gasteiger partial charge on any atom is -0.485 e. The number of aromatic nitrogens is 2. The second kappa shape index (κ2) is 10.1. The molecule has 1 saturated heterocycles. The summed E-state index contributed by atoms with van der Waals surface area (Å²) in [6, 6.07) is 3.38. The van der Waals surface area contributed by atoms with Crippen molar-refractivity contribution in [3.8, 4) is 5.75 Å². The van der Waals surface area contributed by atoms with Crippen LogP contribution in [0.4, 0.5) is 39.7 Å². The van der Waals surface area contributed by atoms with Gasteiger partial charge in [0.05, 0.1) is 17.1 Å². The fraction of sp³-hybridized carbons (Fsp3) is 0.522. The Hall–Kier alpha value is -3.36. The molecule has 0 spiro atoms. The summed E-state index contributed by atoms with van der Waals surface area (Å²) in [5.41, 5.74) is -2.61. The third kappa shape index (κ3) is 5.71. The summed E-state index contributed by atoms with van der Waals surface area (Å²) in [5, 5.41) is 2.82. The molecule has 1 aromatic carbocycles. The number of sulfone groups is 1. The van der Waals surface area contributed by atoms with Crippen LogP contribution in [0.25, 0.3) is 0 Å². The van der Waals surface area contributed by atoms with Crippen LogP contribution in [0.3, 0.4) is 0 Å². The summed E-state index contributed by atoms with van der Waals surface area (Å²) in [6.45, 7) is 2.74. The molecule has 0 aliphatic carbocycles. The van der Waals surface area contributed by atoms with Crippen LogP contribution in [0.15, 0.2) is 29.4 Å². The molecule has 1 amide bonds. The van der Waals surface area contributed by atoms with E-state index in [2.05, 4.69) is 15.3 Å². The predicted molar refractivity (Wildman–Crippen MR) is 129 cm³/mol. The number of piperidine rings is 1. The SMILES string of the molecule is CC(C)(OC(=O)N1CCC(N2CCOc3c(Nc4ccc(S(C)(=O)=O)cc4F)ncnc32)CC1)C(F)(F)F. The van der Waals surface area contributed by atoms with E-state index in [0.29, 0.717) is 25.2 Å². The van der Waals surface area contributed by atoms with Crippen molar-refractivity contribution < 1.29 is 40.2 Å². The van der Waals surface area contributed by atoms with Crippen molar-refractivity contribution in [2.45, 2.75) is 49.4 Å². The second-order valence-corrected chi connectivity index (χ2v) is 11.6. The molecule has 38 heavy (non-hydrogen) atoms. The summed E-state index contributed by atoms with van der Waals surface area (Å²) >= 11 is 0. The Morgan fingerprint density at radius 2 is 1.84 bits per heavy atom. The zero-order chi connectivity index (χ0) is 27.9. The van der Waals surface area contributed by atoms with Crippen LogP contribution in [0.5, 0.6) is 5.75 Å². The van der Waals surface area contributed by atoms with E-state index < -0.39 is 33.5 Å². The normalized spacial score (nSPS) is 17.0. The third-order valence-corrected chi connectivity index (χ3v) is 7.56. The zero-order valence-corrected chi connectivity index (χ0v) is 21.7. The maximum atomic E-state index is 14.6. The van der Waals surface area contributed by atoms with Crippen molar-refractivity contribution in [3.05, 3.63) is 30.3 Å². The molecule has 0 radical (unpaired) electrons. The number of hydrogen-bond donors (Lipinski definition) is 1. The highest BCUT2D eigenvalue weighted by atomic mass is 32.2. The molecule has 0 bridgehead atoms. The quantitative estimate of drug-likeness (QED) is 0.543. The number of ether oxygens (including phenoxy) is 2. The van der Waals surface area contributed by atoms with E-state index in [4.69, 9.17) is 9.47 Å². The third-order valence-electron chi connectivity index (χ3n) is 6.45. The lowest BCUT2D eigenvalue weighted by Gasteiger charge is -2.41. The van der Waals surface area contributed by atoms with Gasteiger partial charge in [0.15, 0.2) is 21.5 Å². The van der Waals surface area contributed by atoms with Gasteiger partial charge in [-0.15, -0.1) is 0 Å². The van der Waals surface area contributed by atoms with E-state index in [9.17, 15) is 30.8 Å². The van der Waals surface area contributed by atoms with Crippen molar-refractivity contribution in [1.82, 2.24) is 14.9 Å². The number of nitrogens with zero attached hydrogens (tertiary/aromatic N) is 4. The summed E-state index contributed by atoms with van der Waals surface area (Å²) in [5.74, 6) is 0.113. The van der Waals surface area contributed by atoms with E-state index in [-0.39, 0.29) is 47.9 Å². The standard InChI is InChI=1S/C23H27F4N5O5S/c1-22(2,23(25,26)27)37-21(33)31-8-6-14(7-9-31)32-10-11-36-18-19(28-13-29-20(18)32)30-17-5-4-15(12-16(17)24)38(3,34)35/h4-5,12-14H,6-11H2,1-3H3,(H,28,29,30). The molecule has 0 unspecified atom stereocenters. The first-order valence-corrected chi connectivity index (χ1v) is 13.6. The molecule has 0 atom stereocenters. The Balaban J connectivity index is 1.46. The number of likely N-dealkylation sites (tertiary alicyclic amines) is 1. The van der Waals surface area contributed by atoms with Gasteiger partial charge in [-0.3, -0.25) is 0 Å². The Morgan fingerprint density at radius 3 is 2.45 bits per heavy atom. The van der Waals surface area contributed by atoms with E-state index in [1.165, 1.54) is 23.4 Å². The fourth-order valence-electron chi connectivity index (χ4n) is 4.15. The number of benzene rings is 1. The minimum atomic E-state index is -4.69. The lowest BCUT2D eigenvalue weighted by molar-refractivity contribution is -0.246. The van der Waals surface area contributed by atoms with Crippen LogP contribution < -0.4 is 15.0 Å². The molecule has 15 heteroatoms. The fourth-order valence-corrected chi connectivity index (χ4v) is 4.79.